The van der Waals surface area contributed by atoms with Gasteiger partial charge < -0.3 is 19.3 Å². The largest absolute Gasteiger partial charge is 0.489 e. The van der Waals surface area contributed by atoms with Crippen LogP contribution in [0.1, 0.15) is 39.9 Å². The van der Waals surface area contributed by atoms with E-state index in [1.54, 1.807) is 12.1 Å². The Bertz CT molecular complexity index is 1450. The highest BCUT2D eigenvalue weighted by Crippen LogP contribution is 2.40. The Morgan fingerprint density at radius 1 is 0.972 bits per heavy atom. The van der Waals surface area contributed by atoms with E-state index in [0.717, 1.165) is 38.6 Å². The molecule has 0 bridgehead atoms. The number of cyclic esters (lactones) is 1. The maximum Gasteiger partial charge on any atom is 0.338 e. The van der Waals surface area contributed by atoms with Crippen molar-refractivity contribution in [3.8, 4) is 16.9 Å². The fourth-order valence-corrected chi connectivity index (χ4v) is 5.12. The fourth-order valence-electron chi connectivity index (χ4n) is 5.12. The van der Waals surface area contributed by atoms with Gasteiger partial charge in [-0.1, -0.05) is 36.4 Å². The summed E-state index contributed by atoms with van der Waals surface area (Å²) in [6, 6.07) is 21.7. The third-order valence-electron chi connectivity index (χ3n) is 7.11. The Labute approximate surface area is 208 Å². The molecule has 182 valence electrons. The highest BCUT2D eigenvalue weighted by Gasteiger charge is 2.32. The van der Waals surface area contributed by atoms with Crippen molar-refractivity contribution in [2.75, 3.05) is 13.2 Å². The van der Waals surface area contributed by atoms with Gasteiger partial charge in [-0.2, -0.15) is 0 Å². The lowest BCUT2D eigenvalue weighted by atomic mass is 9.86. The standard InChI is InChI=1S/C30H25FO5/c31-23-7-4-20(5-8-23)28-25-16-24(9-6-21(25)15-26-27(28)18-36-29(26)32)35-17-19-2-1-3-22(14-19)30(33)10-12-34-13-11-30/h1-9,14-16,33H,10-13,17-18H2. The fraction of sp³-hybridized carbons (Fsp3) is 0.233. The number of rotatable bonds is 5. The Morgan fingerprint density at radius 2 is 1.78 bits per heavy atom. The summed E-state index contributed by atoms with van der Waals surface area (Å²) in [6.45, 7) is 1.61. The average Bonchev–Trinajstić information content (AvgIpc) is 3.27. The lowest BCUT2D eigenvalue weighted by Gasteiger charge is -2.32. The van der Waals surface area contributed by atoms with E-state index in [2.05, 4.69) is 0 Å². The van der Waals surface area contributed by atoms with Crippen LogP contribution in [0, 0.1) is 5.82 Å². The number of hydrogen-bond donors (Lipinski definition) is 1. The summed E-state index contributed by atoms with van der Waals surface area (Å²) in [6.07, 6.45) is 1.15. The van der Waals surface area contributed by atoms with Crippen LogP contribution >= 0.6 is 0 Å². The van der Waals surface area contributed by atoms with E-state index in [-0.39, 0.29) is 18.4 Å². The summed E-state index contributed by atoms with van der Waals surface area (Å²) in [4.78, 5) is 12.3. The van der Waals surface area contributed by atoms with Gasteiger partial charge in [-0.05, 0) is 69.4 Å². The number of esters is 1. The predicted molar refractivity (Wildman–Crippen MR) is 133 cm³/mol. The summed E-state index contributed by atoms with van der Waals surface area (Å²) in [5.74, 6) is 0.00695. The van der Waals surface area contributed by atoms with Crippen LogP contribution in [0.2, 0.25) is 0 Å². The highest BCUT2D eigenvalue weighted by molar-refractivity contribution is 6.07. The van der Waals surface area contributed by atoms with Gasteiger partial charge in [0.05, 0.1) is 11.2 Å². The highest BCUT2D eigenvalue weighted by atomic mass is 19.1. The quantitative estimate of drug-likeness (QED) is 0.358. The number of ether oxygens (including phenoxy) is 3. The molecule has 0 aromatic heterocycles. The summed E-state index contributed by atoms with van der Waals surface area (Å²) >= 11 is 0. The van der Waals surface area contributed by atoms with Gasteiger partial charge in [-0.3, -0.25) is 0 Å². The Hall–Kier alpha value is -3.74. The zero-order valence-corrected chi connectivity index (χ0v) is 19.6. The zero-order valence-electron chi connectivity index (χ0n) is 19.6. The molecule has 0 atom stereocenters. The molecule has 0 saturated carbocycles. The molecule has 0 unspecified atom stereocenters. The molecule has 0 radical (unpaired) electrons. The van der Waals surface area contributed by atoms with E-state index in [1.165, 1.54) is 12.1 Å². The molecule has 1 saturated heterocycles. The van der Waals surface area contributed by atoms with Crippen LogP contribution in [0.4, 0.5) is 4.39 Å². The van der Waals surface area contributed by atoms with Gasteiger partial charge in [0.2, 0.25) is 0 Å². The summed E-state index contributed by atoms with van der Waals surface area (Å²) < 4.78 is 30.5. The topological polar surface area (TPSA) is 65.0 Å². The van der Waals surface area contributed by atoms with E-state index in [4.69, 9.17) is 14.2 Å². The first-order chi connectivity index (χ1) is 17.5. The number of carbonyl (C=O) groups excluding carboxylic acids is 1. The molecule has 0 amide bonds. The molecule has 2 aliphatic rings. The Balaban J connectivity index is 1.33. The summed E-state index contributed by atoms with van der Waals surface area (Å²) in [5, 5.41) is 12.8. The van der Waals surface area contributed by atoms with Crippen molar-refractivity contribution in [1.29, 1.82) is 0 Å². The van der Waals surface area contributed by atoms with E-state index in [9.17, 15) is 14.3 Å². The van der Waals surface area contributed by atoms with Crippen LogP contribution < -0.4 is 4.74 Å². The molecule has 4 aromatic carbocycles. The van der Waals surface area contributed by atoms with Gasteiger partial charge in [-0.15, -0.1) is 0 Å². The number of halogens is 1. The molecule has 2 heterocycles. The first-order valence-corrected chi connectivity index (χ1v) is 12.1. The molecule has 6 rings (SSSR count). The van der Waals surface area contributed by atoms with Crippen molar-refractivity contribution in [1.82, 2.24) is 0 Å². The second kappa shape index (κ2) is 9.04. The van der Waals surface area contributed by atoms with Crippen LogP contribution in [0.15, 0.2) is 72.8 Å². The first-order valence-electron chi connectivity index (χ1n) is 12.1. The maximum absolute atomic E-state index is 13.6. The van der Waals surface area contributed by atoms with E-state index < -0.39 is 5.60 Å². The van der Waals surface area contributed by atoms with Gasteiger partial charge in [0, 0.05) is 31.6 Å². The molecule has 0 spiro atoms. The van der Waals surface area contributed by atoms with E-state index in [0.29, 0.717) is 44.0 Å². The molecular weight excluding hydrogens is 459 g/mol. The lowest BCUT2D eigenvalue weighted by molar-refractivity contribution is -0.0679. The third kappa shape index (κ3) is 4.12. The average molecular weight is 485 g/mol. The van der Waals surface area contributed by atoms with Crippen LogP contribution in [-0.2, 0) is 28.3 Å². The minimum Gasteiger partial charge on any atom is -0.489 e. The number of fused-ring (bicyclic) bond motifs is 2. The molecule has 1 fully saturated rings. The predicted octanol–water partition coefficient (Wildman–Crippen LogP) is 5.89. The van der Waals surface area contributed by atoms with Gasteiger partial charge in [0.25, 0.3) is 0 Å². The van der Waals surface area contributed by atoms with Crippen LogP contribution in [0.3, 0.4) is 0 Å². The minimum atomic E-state index is -0.874. The number of aliphatic hydroxyl groups is 1. The van der Waals surface area contributed by atoms with Crippen molar-refractivity contribution in [2.24, 2.45) is 0 Å². The molecule has 5 nitrogen and oxygen atoms in total. The van der Waals surface area contributed by atoms with Crippen LogP contribution in [0.5, 0.6) is 5.75 Å². The van der Waals surface area contributed by atoms with E-state index in [1.807, 2.05) is 48.5 Å². The molecule has 4 aromatic rings. The van der Waals surface area contributed by atoms with Crippen molar-refractivity contribution in [3.63, 3.8) is 0 Å². The monoisotopic (exact) mass is 484 g/mol. The molecule has 6 heteroatoms. The van der Waals surface area contributed by atoms with Crippen molar-refractivity contribution in [2.45, 2.75) is 31.7 Å². The summed E-state index contributed by atoms with van der Waals surface area (Å²) in [7, 11) is 0. The number of benzene rings is 4. The SMILES string of the molecule is O=C1OCc2c1cc1ccc(OCc3cccc(C4(O)CCOCC4)c3)cc1c2-c1ccc(F)cc1. The maximum atomic E-state index is 13.6. The molecule has 36 heavy (non-hydrogen) atoms. The van der Waals surface area contributed by atoms with Gasteiger partial charge in [0.15, 0.2) is 0 Å². The molecule has 1 N–H and O–H groups in total. The summed E-state index contributed by atoms with van der Waals surface area (Å²) in [5.41, 5.74) is 3.96. The van der Waals surface area contributed by atoms with Crippen molar-refractivity contribution >= 4 is 16.7 Å². The lowest BCUT2D eigenvalue weighted by Crippen LogP contribution is -2.33. The second-order valence-corrected chi connectivity index (χ2v) is 9.38. The Kier molecular flexibility index (Phi) is 5.70. The minimum absolute atomic E-state index is 0.183. The zero-order chi connectivity index (χ0) is 24.7. The van der Waals surface area contributed by atoms with Gasteiger partial charge in [-0.25, -0.2) is 9.18 Å². The van der Waals surface area contributed by atoms with Crippen molar-refractivity contribution < 1.29 is 28.5 Å². The van der Waals surface area contributed by atoms with Crippen molar-refractivity contribution in [3.05, 3.63) is 101 Å². The molecule has 2 aliphatic heterocycles. The van der Waals surface area contributed by atoms with Gasteiger partial charge in [0.1, 0.15) is 24.8 Å². The van der Waals surface area contributed by atoms with Crippen LogP contribution in [-0.4, -0.2) is 24.3 Å². The normalized spacial score (nSPS) is 16.6. The Morgan fingerprint density at radius 3 is 2.58 bits per heavy atom. The number of carbonyl (C=O) groups is 1. The molecule has 0 aliphatic carbocycles. The van der Waals surface area contributed by atoms with Crippen LogP contribution in [0.25, 0.3) is 21.9 Å². The van der Waals surface area contributed by atoms with E-state index >= 15 is 0 Å². The molecular formula is C30H25FO5. The smallest absolute Gasteiger partial charge is 0.338 e. The van der Waals surface area contributed by atoms with Gasteiger partial charge >= 0.3 is 5.97 Å². The first kappa shape index (κ1) is 22.7. The third-order valence-corrected chi connectivity index (χ3v) is 7.11. The number of hydrogen-bond acceptors (Lipinski definition) is 5. The second-order valence-electron chi connectivity index (χ2n) is 9.38.